The lowest BCUT2D eigenvalue weighted by Gasteiger charge is -2.34. The lowest BCUT2D eigenvalue weighted by molar-refractivity contribution is -0.206. The van der Waals surface area contributed by atoms with Gasteiger partial charge in [0.15, 0.2) is 6.10 Å². The van der Waals surface area contributed by atoms with Crippen LogP contribution in [0.4, 0.5) is 37.7 Å². The number of nitrogen functional groups attached to an aromatic ring is 2. The molecule has 4 nitrogen and oxygen atoms in total. The number of hydrogen-bond acceptors (Lipinski definition) is 4. The van der Waals surface area contributed by atoms with Crippen LogP contribution in [-0.2, 0) is 5.41 Å². The summed E-state index contributed by atoms with van der Waals surface area (Å²) >= 11 is 0. The van der Waals surface area contributed by atoms with Crippen LogP contribution < -0.4 is 11.5 Å². The molecule has 6 N–H and O–H groups in total. The van der Waals surface area contributed by atoms with Gasteiger partial charge in [-0.15, -0.1) is 0 Å². The average molecular weight is 422 g/mol. The number of hydrogen-bond donors (Lipinski definition) is 4. The molecule has 160 valence electrons. The topological polar surface area (TPSA) is 92.5 Å². The molecule has 0 aliphatic rings. The van der Waals surface area contributed by atoms with Gasteiger partial charge in [0.1, 0.15) is 5.41 Å². The smallest absolute Gasteiger partial charge is 0.398 e. The molecular formula is C19H20F6N2O2. The highest BCUT2D eigenvalue weighted by Gasteiger charge is 2.54. The van der Waals surface area contributed by atoms with E-state index >= 15 is 0 Å². The van der Waals surface area contributed by atoms with Gasteiger partial charge in [-0.2, -0.15) is 26.3 Å². The number of anilines is 2. The minimum Gasteiger partial charge on any atom is -0.398 e. The van der Waals surface area contributed by atoms with Gasteiger partial charge < -0.3 is 21.7 Å². The average Bonchev–Trinajstić information content (AvgIpc) is 2.59. The quantitative estimate of drug-likeness (QED) is 0.435. The number of aliphatic hydroxyl groups is 2. The molecule has 0 saturated heterocycles. The van der Waals surface area contributed by atoms with Gasteiger partial charge in [0.05, 0.1) is 6.10 Å². The van der Waals surface area contributed by atoms with Crippen molar-refractivity contribution < 1.29 is 36.6 Å². The second-order valence-electron chi connectivity index (χ2n) is 6.93. The summed E-state index contributed by atoms with van der Waals surface area (Å²) in [5.41, 5.74) is 6.25. The third-order valence-corrected chi connectivity index (χ3v) is 4.95. The molecule has 0 radical (unpaired) electrons. The normalized spacial score (nSPS) is 16.9. The zero-order chi connectivity index (χ0) is 22.4. The predicted molar refractivity (Wildman–Crippen MR) is 95.9 cm³/mol. The van der Waals surface area contributed by atoms with Crippen LogP contribution >= 0.6 is 0 Å². The summed E-state index contributed by atoms with van der Waals surface area (Å²) in [4.78, 5) is 0. The van der Waals surface area contributed by atoms with Gasteiger partial charge in [0.25, 0.3) is 0 Å². The van der Waals surface area contributed by atoms with Gasteiger partial charge in [0.2, 0.25) is 0 Å². The summed E-state index contributed by atoms with van der Waals surface area (Å²) in [7, 11) is 0. The van der Waals surface area contributed by atoms with E-state index in [-0.39, 0.29) is 16.8 Å². The Kier molecular flexibility index (Phi) is 5.84. The first-order valence-corrected chi connectivity index (χ1v) is 8.40. The maximum atomic E-state index is 14.2. The number of alkyl halides is 6. The summed E-state index contributed by atoms with van der Waals surface area (Å²) in [6.07, 6.45) is -14.3. The zero-order valence-corrected chi connectivity index (χ0v) is 15.4. The molecular weight excluding hydrogens is 402 g/mol. The Morgan fingerprint density at radius 2 is 1.21 bits per heavy atom. The van der Waals surface area contributed by atoms with E-state index in [1.165, 1.54) is 13.0 Å². The minimum atomic E-state index is -5.11. The molecule has 10 heteroatoms. The van der Waals surface area contributed by atoms with Crippen molar-refractivity contribution in [1.29, 1.82) is 0 Å². The number of benzene rings is 2. The Hall–Kier alpha value is -2.46. The Labute approximate surface area is 162 Å². The molecule has 0 aliphatic carbocycles. The van der Waals surface area contributed by atoms with Crippen LogP contribution in [0.25, 0.3) is 0 Å². The summed E-state index contributed by atoms with van der Waals surface area (Å²) in [5.74, 6) is 0. The fraction of sp³-hybridized carbons (Fsp3) is 0.368. The highest BCUT2D eigenvalue weighted by molar-refractivity contribution is 5.57. The number of halogens is 6. The molecule has 0 aliphatic heterocycles. The van der Waals surface area contributed by atoms with Crippen molar-refractivity contribution >= 4 is 11.4 Å². The zero-order valence-electron chi connectivity index (χ0n) is 15.4. The second-order valence-corrected chi connectivity index (χ2v) is 6.93. The Morgan fingerprint density at radius 1 is 0.793 bits per heavy atom. The van der Waals surface area contributed by atoms with Crippen molar-refractivity contribution in [3.63, 3.8) is 0 Å². The third-order valence-electron chi connectivity index (χ3n) is 4.95. The standard InChI is InChI=1S/C19H20F6N2O2/c1-9(28)12-7-10(3-5-14(12)26)17(2,19(23,24)25)11-4-6-15(27)13(8-11)16(29)18(20,21)22/h3-9,16,28-29H,26-27H2,1-2H3. The lowest BCUT2D eigenvalue weighted by atomic mass is 9.74. The molecule has 3 atom stereocenters. The second kappa shape index (κ2) is 7.42. The first-order valence-electron chi connectivity index (χ1n) is 8.40. The summed E-state index contributed by atoms with van der Waals surface area (Å²) in [6.45, 7) is 2.11. The van der Waals surface area contributed by atoms with Gasteiger partial charge in [0, 0.05) is 22.5 Å². The third kappa shape index (κ3) is 4.13. The van der Waals surface area contributed by atoms with Crippen molar-refractivity contribution in [3.8, 4) is 0 Å². The van der Waals surface area contributed by atoms with Crippen LogP contribution in [0.2, 0.25) is 0 Å². The molecule has 0 bridgehead atoms. The van der Waals surface area contributed by atoms with E-state index in [0.717, 1.165) is 31.2 Å². The Morgan fingerprint density at radius 3 is 1.59 bits per heavy atom. The van der Waals surface area contributed by atoms with Gasteiger partial charge in [-0.1, -0.05) is 12.1 Å². The highest BCUT2D eigenvalue weighted by Crippen LogP contribution is 2.48. The molecule has 0 amide bonds. The molecule has 0 fully saturated rings. The summed E-state index contributed by atoms with van der Waals surface area (Å²) in [5, 5.41) is 19.3. The van der Waals surface area contributed by atoms with Crippen molar-refractivity contribution in [1.82, 2.24) is 0 Å². The van der Waals surface area contributed by atoms with E-state index in [0.29, 0.717) is 6.07 Å². The summed E-state index contributed by atoms with van der Waals surface area (Å²) in [6, 6.07) is 5.77. The van der Waals surface area contributed by atoms with Gasteiger partial charge in [-0.05, 0) is 49.2 Å². The first kappa shape index (κ1) is 22.8. The van der Waals surface area contributed by atoms with Gasteiger partial charge in [-0.3, -0.25) is 0 Å². The summed E-state index contributed by atoms with van der Waals surface area (Å²) < 4.78 is 81.3. The molecule has 2 rings (SSSR count). The van der Waals surface area contributed by atoms with Crippen molar-refractivity contribution in [2.75, 3.05) is 11.5 Å². The van der Waals surface area contributed by atoms with E-state index in [2.05, 4.69) is 0 Å². The molecule has 0 heterocycles. The largest absolute Gasteiger partial charge is 0.418 e. The van der Waals surface area contributed by atoms with Crippen LogP contribution in [0.15, 0.2) is 36.4 Å². The number of rotatable bonds is 4. The van der Waals surface area contributed by atoms with Crippen molar-refractivity contribution in [3.05, 3.63) is 58.7 Å². The van der Waals surface area contributed by atoms with Crippen LogP contribution in [0.3, 0.4) is 0 Å². The van der Waals surface area contributed by atoms with Crippen LogP contribution in [0, 0.1) is 0 Å². The predicted octanol–water partition coefficient (Wildman–Crippen LogP) is 4.37. The SMILES string of the molecule is CC(O)c1cc(C(C)(c2ccc(N)c(C(O)C(F)(F)F)c2)C(F)(F)F)ccc1N. The first-order chi connectivity index (χ1) is 13.1. The highest BCUT2D eigenvalue weighted by atomic mass is 19.4. The lowest BCUT2D eigenvalue weighted by Crippen LogP contribution is -2.41. The monoisotopic (exact) mass is 422 g/mol. The molecule has 2 aromatic carbocycles. The Bertz CT molecular complexity index is 895. The minimum absolute atomic E-state index is 0.0453. The maximum Gasteiger partial charge on any atom is 0.418 e. The van der Waals surface area contributed by atoms with E-state index in [9.17, 15) is 36.6 Å². The van der Waals surface area contributed by atoms with Gasteiger partial charge >= 0.3 is 12.4 Å². The van der Waals surface area contributed by atoms with Crippen molar-refractivity contribution in [2.45, 2.75) is 43.8 Å². The van der Waals surface area contributed by atoms with Crippen LogP contribution in [0.1, 0.15) is 48.3 Å². The molecule has 29 heavy (non-hydrogen) atoms. The van der Waals surface area contributed by atoms with Crippen molar-refractivity contribution in [2.24, 2.45) is 0 Å². The van der Waals surface area contributed by atoms with Crippen LogP contribution in [0.5, 0.6) is 0 Å². The van der Waals surface area contributed by atoms with E-state index < -0.39 is 46.8 Å². The fourth-order valence-electron chi connectivity index (χ4n) is 3.04. The van der Waals surface area contributed by atoms with E-state index in [1.54, 1.807) is 0 Å². The number of nitrogens with two attached hydrogens (primary N) is 2. The molecule has 2 aromatic rings. The fourth-order valence-corrected chi connectivity index (χ4v) is 3.04. The van der Waals surface area contributed by atoms with E-state index in [4.69, 9.17) is 11.5 Å². The molecule has 0 spiro atoms. The van der Waals surface area contributed by atoms with E-state index in [1.807, 2.05) is 0 Å². The van der Waals surface area contributed by atoms with Gasteiger partial charge in [-0.25, -0.2) is 0 Å². The van der Waals surface area contributed by atoms with Crippen LogP contribution in [-0.4, -0.2) is 22.6 Å². The number of aliphatic hydroxyl groups excluding tert-OH is 2. The Balaban J connectivity index is 2.77. The molecule has 0 aromatic heterocycles. The molecule has 0 saturated carbocycles. The molecule has 3 unspecified atom stereocenters. The maximum absolute atomic E-state index is 14.2.